The highest BCUT2D eigenvalue weighted by Crippen LogP contribution is 2.38. The molecule has 1 aliphatic heterocycles. The number of carbonyl (C=O) groups is 2. The number of esters is 2. The van der Waals surface area contributed by atoms with Crippen LogP contribution >= 0.6 is 11.3 Å². The van der Waals surface area contributed by atoms with Crippen molar-refractivity contribution in [3.63, 3.8) is 0 Å². The monoisotopic (exact) mass is 588 g/mol. The summed E-state index contributed by atoms with van der Waals surface area (Å²) in [6, 6.07) is 15.7. The second-order valence-corrected chi connectivity index (χ2v) is 13.4. The third kappa shape index (κ3) is 6.00. The number of benzene rings is 2. The largest absolute Gasteiger partial charge is 0.463 e. The lowest BCUT2D eigenvalue weighted by Gasteiger charge is -2.27. The molecule has 0 spiro atoms. The molecule has 0 saturated carbocycles. The second kappa shape index (κ2) is 11.8. The van der Waals surface area contributed by atoms with Gasteiger partial charge in [0.25, 0.3) is 5.56 Å². The highest BCUT2D eigenvalue weighted by atomic mass is 32.1. The van der Waals surface area contributed by atoms with E-state index in [9.17, 15) is 14.4 Å². The molecule has 2 heterocycles. The number of fused-ring (bicyclic) bond motifs is 1. The van der Waals surface area contributed by atoms with Gasteiger partial charge >= 0.3 is 11.9 Å². The molecule has 0 unspecified atom stereocenters. The summed E-state index contributed by atoms with van der Waals surface area (Å²) in [6.45, 7) is 16.4. The molecular weight excluding hydrogens is 548 g/mol. The molecule has 1 aromatic heterocycles. The molecule has 1 atom stereocenters. The van der Waals surface area contributed by atoms with Crippen molar-refractivity contribution in [2.45, 2.75) is 72.1 Å². The van der Waals surface area contributed by atoms with Crippen LogP contribution in [0.25, 0.3) is 17.5 Å². The van der Waals surface area contributed by atoms with Crippen molar-refractivity contribution < 1.29 is 19.1 Å². The standard InChI is InChI=1S/C34H40N2O5S/c1-9-40-31(38)26-25(21-13-17-23(18-14-21)34(6,7)8)27(32(39)41-10-2)30-36(28(26)35)29(37)24(42-30)19-20-11-15-22(16-12-20)33(3,4)5/h11-19,25H,9-10,35H2,1-8H3/b24-19+/t25-/m1/s1. The molecule has 0 fully saturated rings. The van der Waals surface area contributed by atoms with Crippen LogP contribution in [0.2, 0.25) is 0 Å². The molecule has 0 saturated heterocycles. The Morgan fingerprint density at radius 1 is 0.833 bits per heavy atom. The number of thiazole rings is 1. The fourth-order valence-electron chi connectivity index (χ4n) is 5.00. The molecule has 2 N–H and O–H groups in total. The number of rotatable bonds is 6. The van der Waals surface area contributed by atoms with Gasteiger partial charge in [-0.15, -0.1) is 11.3 Å². The lowest BCUT2D eigenvalue weighted by molar-refractivity contribution is -0.138. The van der Waals surface area contributed by atoms with Gasteiger partial charge < -0.3 is 15.2 Å². The third-order valence-corrected chi connectivity index (χ3v) is 8.43. The zero-order valence-electron chi connectivity index (χ0n) is 25.7. The minimum Gasteiger partial charge on any atom is -0.463 e. The van der Waals surface area contributed by atoms with Crippen LogP contribution in [0.4, 0.5) is 0 Å². The van der Waals surface area contributed by atoms with E-state index in [1.807, 2.05) is 48.5 Å². The maximum Gasteiger partial charge on any atom is 0.338 e. The Kier molecular flexibility index (Phi) is 8.69. The lowest BCUT2D eigenvalue weighted by Crippen LogP contribution is -2.42. The number of carbonyl (C=O) groups excluding carboxylic acids is 2. The van der Waals surface area contributed by atoms with Gasteiger partial charge in [0.05, 0.1) is 34.8 Å². The van der Waals surface area contributed by atoms with Crippen molar-refractivity contribution in [2.24, 2.45) is 5.73 Å². The Balaban J connectivity index is 2.04. The molecule has 3 aromatic rings. The number of hydrogen-bond acceptors (Lipinski definition) is 7. The van der Waals surface area contributed by atoms with Gasteiger partial charge in [0.2, 0.25) is 0 Å². The predicted octanol–water partition coefficient (Wildman–Crippen LogP) is 4.54. The molecule has 2 aromatic carbocycles. The summed E-state index contributed by atoms with van der Waals surface area (Å²) in [4.78, 5) is 40.9. The van der Waals surface area contributed by atoms with Crippen molar-refractivity contribution in [3.05, 3.63) is 95.9 Å². The van der Waals surface area contributed by atoms with E-state index in [1.54, 1.807) is 19.9 Å². The lowest BCUT2D eigenvalue weighted by atomic mass is 9.81. The molecule has 0 radical (unpaired) electrons. The summed E-state index contributed by atoms with van der Waals surface area (Å²) in [6.07, 6.45) is 1.78. The number of nitrogens with two attached hydrogens (primary N) is 1. The van der Waals surface area contributed by atoms with Gasteiger partial charge in [0, 0.05) is 0 Å². The average Bonchev–Trinajstić information content (AvgIpc) is 3.23. The first-order valence-corrected chi connectivity index (χ1v) is 15.0. The summed E-state index contributed by atoms with van der Waals surface area (Å²) >= 11 is 1.16. The van der Waals surface area contributed by atoms with Gasteiger partial charge in [-0.2, -0.15) is 0 Å². The van der Waals surface area contributed by atoms with Crippen LogP contribution < -0.4 is 20.5 Å². The molecule has 8 heteroatoms. The van der Waals surface area contributed by atoms with E-state index >= 15 is 0 Å². The summed E-state index contributed by atoms with van der Waals surface area (Å²) < 4.78 is 12.9. The normalized spacial score (nSPS) is 16.0. The maximum absolute atomic E-state index is 13.8. The molecule has 0 bridgehead atoms. The van der Waals surface area contributed by atoms with Crippen LogP contribution in [0.5, 0.6) is 0 Å². The Morgan fingerprint density at radius 3 is 1.79 bits per heavy atom. The van der Waals surface area contributed by atoms with Gasteiger partial charge in [0.1, 0.15) is 10.5 Å². The maximum atomic E-state index is 13.8. The van der Waals surface area contributed by atoms with E-state index in [-0.39, 0.29) is 41.0 Å². The topological polar surface area (TPSA) is 101 Å². The van der Waals surface area contributed by atoms with Crippen LogP contribution in [-0.4, -0.2) is 29.7 Å². The number of nitrogens with zero attached hydrogens (tertiary/aromatic N) is 1. The molecule has 42 heavy (non-hydrogen) atoms. The summed E-state index contributed by atoms with van der Waals surface area (Å²) in [5.41, 5.74) is 10.1. The molecule has 4 rings (SSSR count). The Labute approximate surface area is 251 Å². The smallest absolute Gasteiger partial charge is 0.338 e. The van der Waals surface area contributed by atoms with Gasteiger partial charge in [-0.1, -0.05) is 90.1 Å². The molecule has 7 nitrogen and oxygen atoms in total. The fraction of sp³-hybridized carbons (Fsp3) is 0.382. The Hall–Kier alpha value is -3.91. The van der Waals surface area contributed by atoms with Gasteiger partial charge in [-0.05, 0) is 53.0 Å². The number of aromatic nitrogens is 1. The Bertz CT molecular complexity index is 1710. The first kappa shape index (κ1) is 31.0. The zero-order valence-corrected chi connectivity index (χ0v) is 26.5. The zero-order chi connectivity index (χ0) is 31.0. The molecular formula is C34H40N2O5S. The minimum atomic E-state index is -0.880. The van der Waals surface area contributed by atoms with E-state index in [4.69, 9.17) is 15.2 Å². The van der Waals surface area contributed by atoms with Crippen molar-refractivity contribution in [1.82, 2.24) is 4.57 Å². The van der Waals surface area contributed by atoms with Crippen molar-refractivity contribution in [3.8, 4) is 0 Å². The number of hydrogen-bond donors (Lipinski definition) is 1. The molecule has 222 valence electrons. The van der Waals surface area contributed by atoms with Crippen LogP contribution in [-0.2, 0) is 29.9 Å². The summed E-state index contributed by atoms with van der Waals surface area (Å²) in [7, 11) is 0. The van der Waals surface area contributed by atoms with Crippen LogP contribution in [0, 0.1) is 0 Å². The van der Waals surface area contributed by atoms with Crippen molar-refractivity contribution in [1.29, 1.82) is 0 Å². The van der Waals surface area contributed by atoms with Crippen LogP contribution in [0.1, 0.15) is 83.6 Å². The molecule has 0 amide bonds. The third-order valence-electron chi connectivity index (χ3n) is 7.32. The highest BCUT2D eigenvalue weighted by molar-refractivity contribution is 7.07. The van der Waals surface area contributed by atoms with Crippen molar-refractivity contribution in [2.75, 3.05) is 13.2 Å². The summed E-state index contributed by atoms with van der Waals surface area (Å²) in [5, 5.41) is 0. The first-order chi connectivity index (χ1) is 19.7. The van der Waals surface area contributed by atoms with E-state index < -0.39 is 23.4 Å². The van der Waals surface area contributed by atoms with E-state index in [0.29, 0.717) is 14.8 Å². The highest BCUT2D eigenvalue weighted by Gasteiger charge is 2.40. The minimum absolute atomic E-state index is 0.00750. The SMILES string of the molecule is CCOC(=O)C1=C(N)n2c(s/c(=C/c3ccc(C(C)(C)C)cc3)c2=O)=C(C(=O)OCC)[C@@H]1c1ccc(C(C)(C)C)cc1. The van der Waals surface area contributed by atoms with Crippen molar-refractivity contribution >= 4 is 40.7 Å². The summed E-state index contributed by atoms with van der Waals surface area (Å²) in [5.74, 6) is -2.24. The quantitative estimate of drug-likeness (QED) is 0.425. The second-order valence-electron chi connectivity index (χ2n) is 12.4. The van der Waals surface area contributed by atoms with Gasteiger partial charge in [0.15, 0.2) is 0 Å². The van der Waals surface area contributed by atoms with Gasteiger partial charge in [-0.3, -0.25) is 9.36 Å². The predicted molar refractivity (Wildman–Crippen MR) is 168 cm³/mol. The number of ether oxygens (including phenoxy) is 2. The first-order valence-electron chi connectivity index (χ1n) is 14.2. The van der Waals surface area contributed by atoms with E-state index in [0.717, 1.165) is 22.5 Å². The Morgan fingerprint density at radius 2 is 1.31 bits per heavy atom. The fourth-order valence-corrected chi connectivity index (χ4v) is 6.17. The average molecular weight is 589 g/mol. The van der Waals surface area contributed by atoms with E-state index in [2.05, 4.69) is 41.5 Å². The molecule has 1 aliphatic rings. The van der Waals surface area contributed by atoms with Crippen LogP contribution in [0.3, 0.4) is 0 Å². The van der Waals surface area contributed by atoms with Gasteiger partial charge in [-0.25, -0.2) is 9.59 Å². The molecule has 0 aliphatic carbocycles. The van der Waals surface area contributed by atoms with Crippen LogP contribution in [0.15, 0.2) is 58.9 Å². The van der Waals surface area contributed by atoms with E-state index in [1.165, 1.54) is 10.1 Å².